The van der Waals surface area contributed by atoms with Crippen molar-refractivity contribution in [1.82, 2.24) is 5.32 Å². The topological polar surface area (TPSA) is 21.3 Å². The number of hydrogen-bond donors (Lipinski definition) is 1. The van der Waals surface area contributed by atoms with Crippen molar-refractivity contribution in [2.75, 3.05) is 6.54 Å². The molecule has 0 aromatic heterocycles. The van der Waals surface area contributed by atoms with Crippen LogP contribution in [-0.4, -0.2) is 6.54 Å². The molecule has 2 nitrogen and oxygen atoms in total. The van der Waals surface area contributed by atoms with Crippen molar-refractivity contribution in [2.24, 2.45) is 5.92 Å². The molecule has 0 fully saturated rings. The quantitative estimate of drug-likeness (QED) is 0.817. The number of para-hydroxylation sites is 1. The van der Waals surface area contributed by atoms with Crippen molar-refractivity contribution in [1.29, 1.82) is 0 Å². The Kier molecular flexibility index (Phi) is 5.82. The first kappa shape index (κ1) is 15.6. The molecule has 0 amide bonds. The summed E-state index contributed by atoms with van der Waals surface area (Å²) in [6.07, 6.45) is 0. The lowest BCUT2D eigenvalue weighted by atomic mass is 10.1. The molecule has 21 heavy (non-hydrogen) atoms. The molecule has 0 aliphatic heterocycles. The van der Waals surface area contributed by atoms with Gasteiger partial charge in [0.05, 0.1) is 0 Å². The van der Waals surface area contributed by atoms with Crippen molar-refractivity contribution in [3.63, 3.8) is 0 Å². The van der Waals surface area contributed by atoms with Gasteiger partial charge < -0.3 is 10.1 Å². The first-order chi connectivity index (χ1) is 10.2. The normalized spacial score (nSPS) is 10.9. The van der Waals surface area contributed by atoms with Crippen LogP contribution in [0, 0.1) is 12.8 Å². The standard InChI is InChI=1S/C19H25NO/c1-15(2)12-20-13-18-11-7-8-16(3)19(18)21-14-17-9-5-4-6-10-17/h4-11,15,20H,12-14H2,1-3H3. The highest BCUT2D eigenvalue weighted by molar-refractivity contribution is 5.40. The fraction of sp³-hybridized carbons (Fsp3) is 0.368. The second-order valence-corrected chi connectivity index (χ2v) is 5.86. The minimum Gasteiger partial charge on any atom is -0.488 e. The van der Waals surface area contributed by atoms with E-state index in [1.807, 2.05) is 18.2 Å². The van der Waals surface area contributed by atoms with E-state index in [-0.39, 0.29) is 0 Å². The maximum Gasteiger partial charge on any atom is 0.127 e. The van der Waals surface area contributed by atoms with Crippen LogP contribution in [-0.2, 0) is 13.2 Å². The van der Waals surface area contributed by atoms with E-state index < -0.39 is 0 Å². The lowest BCUT2D eigenvalue weighted by molar-refractivity contribution is 0.300. The molecule has 0 aliphatic carbocycles. The minimum absolute atomic E-state index is 0.614. The van der Waals surface area contributed by atoms with Crippen molar-refractivity contribution >= 4 is 0 Å². The number of rotatable bonds is 7. The van der Waals surface area contributed by atoms with E-state index in [1.54, 1.807) is 0 Å². The Morgan fingerprint density at radius 2 is 1.76 bits per heavy atom. The first-order valence-electron chi connectivity index (χ1n) is 7.62. The van der Waals surface area contributed by atoms with E-state index in [1.165, 1.54) is 16.7 Å². The maximum atomic E-state index is 6.07. The van der Waals surface area contributed by atoms with Crippen molar-refractivity contribution < 1.29 is 4.74 Å². The van der Waals surface area contributed by atoms with Gasteiger partial charge in [-0.1, -0.05) is 62.4 Å². The largest absolute Gasteiger partial charge is 0.488 e. The average molecular weight is 283 g/mol. The van der Waals surface area contributed by atoms with Gasteiger partial charge in [-0.05, 0) is 30.5 Å². The Hall–Kier alpha value is -1.80. The second-order valence-electron chi connectivity index (χ2n) is 5.86. The molecule has 0 radical (unpaired) electrons. The summed E-state index contributed by atoms with van der Waals surface area (Å²) in [6.45, 7) is 9.03. The molecule has 112 valence electrons. The van der Waals surface area contributed by atoms with E-state index in [4.69, 9.17) is 4.74 Å². The van der Waals surface area contributed by atoms with Crippen LogP contribution in [0.1, 0.15) is 30.5 Å². The molecular weight excluding hydrogens is 258 g/mol. The van der Waals surface area contributed by atoms with Gasteiger partial charge in [0.15, 0.2) is 0 Å². The zero-order chi connectivity index (χ0) is 15.1. The van der Waals surface area contributed by atoms with Gasteiger partial charge in [-0.25, -0.2) is 0 Å². The van der Waals surface area contributed by atoms with E-state index in [0.29, 0.717) is 12.5 Å². The van der Waals surface area contributed by atoms with Crippen LogP contribution >= 0.6 is 0 Å². The number of nitrogens with one attached hydrogen (secondary N) is 1. The Morgan fingerprint density at radius 3 is 2.48 bits per heavy atom. The predicted octanol–water partition coefficient (Wildman–Crippen LogP) is 4.32. The highest BCUT2D eigenvalue weighted by Gasteiger charge is 2.07. The molecule has 2 rings (SSSR count). The van der Waals surface area contributed by atoms with Gasteiger partial charge in [-0.15, -0.1) is 0 Å². The minimum atomic E-state index is 0.614. The lowest BCUT2D eigenvalue weighted by Gasteiger charge is -2.15. The van der Waals surface area contributed by atoms with Gasteiger partial charge in [0.1, 0.15) is 12.4 Å². The van der Waals surface area contributed by atoms with Crippen molar-refractivity contribution in [3.8, 4) is 5.75 Å². The summed E-state index contributed by atoms with van der Waals surface area (Å²) in [7, 11) is 0. The van der Waals surface area contributed by atoms with Crippen LogP contribution < -0.4 is 10.1 Å². The summed E-state index contributed by atoms with van der Waals surface area (Å²) >= 11 is 0. The molecule has 0 bridgehead atoms. The van der Waals surface area contributed by atoms with Crippen LogP contribution in [0.5, 0.6) is 5.75 Å². The van der Waals surface area contributed by atoms with Crippen LogP contribution in [0.25, 0.3) is 0 Å². The average Bonchev–Trinajstić information content (AvgIpc) is 2.47. The number of aryl methyl sites for hydroxylation is 1. The number of ether oxygens (including phenoxy) is 1. The SMILES string of the molecule is Cc1cccc(CNCC(C)C)c1OCc1ccccc1. The molecule has 2 heteroatoms. The molecule has 0 saturated heterocycles. The lowest BCUT2D eigenvalue weighted by Crippen LogP contribution is -2.19. The predicted molar refractivity (Wildman–Crippen MR) is 88.5 cm³/mol. The van der Waals surface area contributed by atoms with Gasteiger partial charge >= 0.3 is 0 Å². The molecule has 0 atom stereocenters. The summed E-state index contributed by atoms with van der Waals surface area (Å²) in [5.41, 5.74) is 3.61. The molecule has 0 aliphatic rings. The molecule has 0 spiro atoms. The van der Waals surface area contributed by atoms with E-state index in [9.17, 15) is 0 Å². The molecule has 0 heterocycles. The third-order valence-corrected chi connectivity index (χ3v) is 3.39. The van der Waals surface area contributed by atoms with Gasteiger partial charge in [0.25, 0.3) is 0 Å². The summed E-state index contributed by atoms with van der Waals surface area (Å²) in [5.74, 6) is 1.67. The summed E-state index contributed by atoms with van der Waals surface area (Å²) in [5, 5.41) is 3.49. The molecule has 1 N–H and O–H groups in total. The van der Waals surface area contributed by atoms with Gasteiger partial charge in [0.2, 0.25) is 0 Å². The van der Waals surface area contributed by atoms with Crippen LogP contribution in [0.3, 0.4) is 0 Å². The second kappa shape index (κ2) is 7.84. The Morgan fingerprint density at radius 1 is 1.00 bits per heavy atom. The fourth-order valence-corrected chi connectivity index (χ4v) is 2.28. The monoisotopic (exact) mass is 283 g/mol. The van der Waals surface area contributed by atoms with Gasteiger partial charge in [0, 0.05) is 12.1 Å². The molecule has 2 aromatic carbocycles. The maximum absolute atomic E-state index is 6.07. The van der Waals surface area contributed by atoms with E-state index in [2.05, 4.69) is 56.4 Å². The summed E-state index contributed by atoms with van der Waals surface area (Å²) in [4.78, 5) is 0. The van der Waals surface area contributed by atoms with E-state index in [0.717, 1.165) is 18.8 Å². The van der Waals surface area contributed by atoms with E-state index >= 15 is 0 Å². The zero-order valence-electron chi connectivity index (χ0n) is 13.2. The van der Waals surface area contributed by atoms with Crippen molar-refractivity contribution in [3.05, 3.63) is 65.2 Å². The third kappa shape index (κ3) is 4.91. The highest BCUT2D eigenvalue weighted by atomic mass is 16.5. The summed E-state index contributed by atoms with van der Waals surface area (Å²) in [6, 6.07) is 16.6. The smallest absolute Gasteiger partial charge is 0.127 e. The number of hydrogen-bond acceptors (Lipinski definition) is 2. The Balaban J connectivity index is 2.03. The zero-order valence-corrected chi connectivity index (χ0v) is 13.2. The molecule has 0 saturated carbocycles. The van der Waals surface area contributed by atoms with Crippen LogP contribution in [0.2, 0.25) is 0 Å². The van der Waals surface area contributed by atoms with Crippen molar-refractivity contribution in [2.45, 2.75) is 33.9 Å². The van der Waals surface area contributed by atoms with Crippen LogP contribution in [0.4, 0.5) is 0 Å². The summed E-state index contributed by atoms with van der Waals surface area (Å²) < 4.78 is 6.07. The third-order valence-electron chi connectivity index (χ3n) is 3.39. The first-order valence-corrected chi connectivity index (χ1v) is 7.62. The highest BCUT2D eigenvalue weighted by Crippen LogP contribution is 2.24. The Bertz CT molecular complexity index is 549. The van der Waals surface area contributed by atoms with Crippen LogP contribution in [0.15, 0.2) is 48.5 Å². The fourth-order valence-electron chi connectivity index (χ4n) is 2.28. The van der Waals surface area contributed by atoms with Gasteiger partial charge in [-0.3, -0.25) is 0 Å². The molecule has 2 aromatic rings. The molecule has 0 unspecified atom stereocenters. The Labute approximate surface area is 128 Å². The molecular formula is C19H25NO. The number of benzene rings is 2. The van der Waals surface area contributed by atoms with Gasteiger partial charge in [-0.2, -0.15) is 0 Å².